The maximum absolute atomic E-state index is 6.28. The molecule has 0 radical (unpaired) electrons. The van der Waals surface area contributed by atoms with Gasteiger partial charge in [-0.3, -0.25) is 4.98 Å². The highest BCUT2D eigenvalue weighted by atomic mass is 15.0. The quantitative estimate of drug-likeness (QED) is 0.710. The Morgan fingerprint density at radius 1 is 1.46 bits per heavy atom. The van der Waals surface area contributed by atoms with Gasteiger partial charge in [0.2, 0.25) is 0 Å². The lowest BCUT2D eigenvalue weighted by molar-refractivity contribution is 0.497. The molecule has 70 valence electrons. The summed E-state index contributed by atoms with van der Waals surface area (Å²) >= 11 is 0. The predicted octanol–water partition coefficient (Wildman–Crippen LogP) is 1.97. The molecule has 0 bridgehead atoms. The molecular formula is C11H16N2. The van der Waals surface area contributed by atoms with Crippen molar-refractivity contribution in [2.45, 2.75) is 32.7 Å². The number of rotatable bonds is 1. The molecule has 0 aliphatic heterocycles. The Labute approximate surface area is 79.2 Å². The van der Waals surface area contributed by atoms with Crippen LogP contribution in [0.1, 0.15) is 31.5 Å². The third kappa shape index (κ3) is 1.09. The Bertz CT molecular complexity index is 344. The largest absolute Gasteiger partial charge is 0.320 e. The van der Waals surface area contributed by atoms with Crippen molar-refractivity contribution < 1.29 is 0 Å². The number of nitrogens with two attached hydrogens (primary N) is 1. The highest BCUT2D eigenvalue weighted by molar-refractivity contribution is 5.34. The van der Waals surface area contributed by atoms with Crippen LogP contribution in [-0.2, 0) is 5.54 Å². The lowest BCUT2D eigenvalue weighted by Crippen LogP contribution is -2.27. The molecule has 0 spiro atoms. The van der Waals surface area contributed by atoms with Gasteiger partial charge in [-0.1, -0.05) is 19.9 Å². The zero-order chi connectivity index (χ0) is 9.69. The Balaban J connectivity index is 2.44. The molecule has 0 aromatic carbocycles. The third-order valence-corrected chi connectivity index (χ3v) is 3.24. The smallest absolute Gasteiger partial charge is 0.0644 e. The zero-order valence-corrected chi connectivity index (χ0v) is 8.46. The van der Waals surface area contributed by atoms with Crippen molar-refractivity contribution in [1.82, 2.24) is 4.98 Å². The number of hydrogen-bond donors (Lipinski definition) is 1. The second kappa shape index (κ2) is 2.32. The van der Waals surface area contributed by atoms with Crippen LogP contribution in [0.5, 0.6) is 0 Å². The second-order valence-corrected chi connectivity index (χ2v) is 4.70. The van der Waals surface area contributed by atoms with Crippen molar-refractivity contribution >= 4 is 0 Å². The number of hydrogen-bond acceptors (Lipinski definition) is 2. The average Bonchev–Trinajstić information content (AvgIpc) is 2.53. The lowest BCUT2D eigenvalue weighted by atomic mass is 9.98. The Morgan fingerprint density at radius 2 is 2.08 bits per heavy atom. The van der Waals surface area contributed by atoms with Gasteiger partial charge in [-0.05, 0) is 30.4 Å². The van der Waals surface area contributed by atoms with E-state index < -0.39 is 0 Å². The molecule has 2 N–H and O–H groups in total. The van der Waals surface area contributed by atoms with Gasteiger partial charge >= 0.3 is 0 Å². The van der Waals surface area contributed by atoms with Gasteiger partial charge in [0, 0.05) is 6.20 Å². The van der Waals surface area contributed by atoms with Gasteiger partial charge in [-0.25, -0.2) is 0 Å². The van der Waals surface area contributed by atoms with Crippen LogP contribution in [0.3, 0.4) is 0 Å². The van der Waals surface area contributed by atoms with E-state index in [1.54, 1.807) is 0 Å². The van der Waals surface area contributed by atoms with Crippen molar-refractivity contribution in [2.24, 2.45) is 11.1 Å². The summed E-state index contributed by atoms with van der Waals surface area (Å²) in [7, 11) is 0. The summed E-state index contributed by atoms with van der Waals surface area (Å²) in [6.45, 7) is 6.47. The van der Waals surface area contributed by atoms with Crippen molar-refractivity contribution in [1.29, 1.82) is 0 Å². The van der Waals surface area contributed by atoms with E-state index in [-0.39, 0.29) is 11.0 Å². The Kier molecular flexibility index (Phi) is 1.55. The summed E-state index contributed by atoms with van der Waals surface area (Å²) in [4.78, 5) is 4.38. The van der Waals surface area contributed by atoms with Gasteiger partial charge in [0.1, 0.15) is 0 Å². The molecule has 0 saturated heterocycles. The van der Waals surface area contributed by atoms with Crippen LogP contribution in [0.4, 0.5) is 0 Å². The fraction of sp³-hybridized carbons (Fsp3) is 0.545. The molecule has 2 nitrogen and oxygen atoms in total. The first-order valence-corrected chi connectivity index (χ1v) is 4.68. The zero-order valence-electron chi connectivity index (χ0n) is 8.46. The first-order valence-electron chi connectivity index (χ1n) is 4.68. The Morgan fingerprint density at radius 3 is 2.54 bits per heavy atom. The van der Waals surface area contributed by atoms with Crippen molar-refractivity contribution in [3.05, 3.63) is 29.6 Å². The standard InChI is InChI=1S/C11H16N2/c1-8-5-4-6-13-9(8)11(12)7-10(11,2)3/h4-6H,7,12H2,1-3H3. The average molecular weight is 176 g/mol. The maximum Gasteiger partial charge on any atom is 0.0644 e. The van der Waals surface area contributed by atoms with Gasteiger partial charge in [0.15, 0.2) is 0 Å². The summed E-state index contributed by atoms with van der Waals surface area (Å²) in [5.74, 6) is 0. The van der Waals surface area contributed by atoms with E-state index in [0.29, 0.717) is 0 Å². The van der Waals surface area contributed by atoms with E-state index >= 15 is 0 Å². The number of aryl methyl sites for hydroxylation is 1. The van der Waals surface area contributed by atoms with E-state index in [1.165, 1.54) is 5.56 Å². The minimum Gasteiger partial charge on any atom is -0.320 e. The molecule has 1 heterocycles. The lowest BCUT2D eigenvalue weighted by Gasteiger charge is -2.16. The van der Waals surface area contributed by atoms with Crippen LogP contribution >= 0.6 is 0 Å². The van der Waals surface area contributed by atoms with Crippen LogP contribution in [0, 0.1) is 12.3 Å². The summed E-state index contributed by atoms with van der Waals surface area (Å²) < 4.78 is 0. The summed E-state index contributed by atoms with van der Waals surface area (Å²) in [6.07, 6.45) is 2.86. The van der Waals surface area contributed by atoms with Gasteiger partial charge in [0.05, 0.1) is 11.2 Å². The first-order chi connectivity index (χ1) is 5.97. The van der Waals surface area contributed by atoms with Gasteiger partial charge in [-0.2, -0.15) is 0 Å². The maximum atomic E-state index is 6.28. The molecule has 1 aromatic heterocycles. The van der Waals surface area contributed by atoms with Crippen LogP contribution in [0.2, 0.25) is 0 Å². The molecule has 1 unspecified atom stereocenters. The highest BCUT2D eigenvalue weighted by Gasteiger charge is 2.60. The van der Waals surface area contributed by atoms with Crippen LogP contribution < -0.4 is 5.73 Å². The molecule has 2 heteroatoms. The highest BCUT2D eigenvalue weighted by Crippen LogP contribution is 2.60. The number of pyridine rings is 1. The molecule has 1 aliphatic rings. The SMILES string of the molecule is Cc1cccnc1C1(N)CC1(C)C. The van der Waals surface area contributed by atoms with E-state index in [4.69, 9.17) is 5.73 Å². The van der Waals surface area contributed by atoms with E-state index in [2.05, 4.69) is 31.8 Å². The minimum absolute atomic E-state index is 0.182. The van der Waals surface area contributed by atoms with Crippen molar-refractivity contribution in [2.75, 3.05) is 0 Å². The molecular weight excluding hydrogens is 160 g/mol. The van der Waals surface area contributed by atoms with E-state index in [1.807, 2.05) is 12.3 Å². The van der Waals surface area contributed by atoms with Crippen molar-refractivity contribution in [3.63, 3.8) is 0 Å². The van der Waals surface area contributed by atoms with E-state index in [9.17, 15) is 0 Å². The summed E-state index contributed by atoms with van der Waals surface area (Å²) in [6, 6.07) is 4.03. The third-order valence-electron chi connectivity index (χ3n) is 3.24. The first kappa shape index (κ1) is 8.70. The Hall–Kier alpha value is -0.890. The molecule has 1 aromatic rings. The predicted molar refractivity (Wildman–Crippen MR) is 53.2 cm³/mol. The van der Waals surface area contributed by atoms with Gasteiger partial charge in [0.25, 0.3) is 0 Å². The molecule has 1 atom stereocenters. The van der Waals surface area contributed by atoms with Crippen LogP contribution in [0.15, 0.2) is 18.3 Å². The second-order valence-electron chi connectivity index (χ2n) is 4.70. The van der Waals surface area contributed by atoms with Crippen LogP contribution in [-0.4, -0.2) is 4.98 Å². The monoisotopic (exact) mass is 176 g/mol. The molecule has 13 heavy (non-hydrogen) atoms. The fourth-order valence-corrected chi connectivity index (χ4v) is 2.01. The number of aromatic nitrogens is 1. The number of nitrogens with zero attached hydrogens (tertiary/aromatic N) is 1. The normalized spacial score (nSPS) is 30.2. The van der Waals surface area contributed by atoms with E-state index in [0.717, 1.165) is 12.1 Å². The van der Waals surface area contributed by atoms with Crippen molar-refractivity contribution in [3.8, 4) is 0 Å². The summed E-state index contributed by atoms with van der Waals surface area (Å²) in [5, 5.41) is 0. The molecule has 0 amide bonds. The topological polar surface area (TPSA) is 38.9 Å². The summed E-state index contributed by atoms with van der Waals surface area (Å²) in [5.41, 5.74) is 8.59. The molecule has 2 rings (SSSR count). The molecule has 1 fully saturated rings. The minimum atomic E-state index is -0.182. The van der Waals surface area contributed by atoms with Crippen LogP contribution in [0.25, 0.3) is 0 Å². The fourth-order valence-electron chi connectivity index (χ4n) is 2.01. The molecule has 1 aliphatic carbocycles. The van der Waals surface area contributed by atoms with Gasteiger partial charge < -0.3 is 5.73 Å². The molecule has 1 saturated carbocycles. The van der Waals surface area contributed by atoms with Gasteiger partial charge in [-0.15, -0.1) is 0 Å².